The van der Waals surface area contributed by atoms with Gasteiger partial charge in [0.1, 0.15) is 0 Å². The van der Waals surface area contributed by atoms with Crippen molar-refractivity contribution in [1.29, 1.82) is 0 Å². The highest BCUT2D eigenvalue weighted by Crippen LogP contribution is 2.22. The van der Waals surface area contributed by atoms with Crippen LogP contribution in [0, 0.1) is 0 Å². The van der Waals surface area contributed by atoms with Gasteiger partial charge in [-0.2, -0.15) is 0 Å². The molecule has 0 saturated heterocycles. The van der Waals surface area contributed by atoms with Crippen LogP contribution in [-0.4, -0.2) is 28.5 Å². The van der Waals surface area contributed by atoms with E-state index < -0.39 is 11.9 Å². The molecule has 0 radical (unpaired) electrons. The Bertz CT molecular complexity index is 998. The summed E-state index contributed by atoms with van der Waals surface area (Å²) in [5.41, 5.74) is 2.14. The minimum absolute atomic E-state index is 0.0895. The lowest BCUT2D eigenvalue weighted by atomic mass is 10.2. The van der Waals surface area contributed by atoms with Gasteiger partial charge in [0.2, 0.25) is 0 Å². The summed E-state index contributed by atoms with van der Waals surface area (Å²) in [5, 5.41) is 3.34. The molecule has 0 aliphatic rings. The summed E-state index contributed by atoms with van der Waals surface area (Å²) in [5.74, 6) is -0.189. The number of esters is 1. The van der Waals surface area contributed by atoms with Gasteiger partial charge in [-0.15, -0.1) is 0 Å². The average Bonchev–Trinajstić information content (AvgIpc) is 2.74. The highest BCUT2D eigenvalue weighted by atomic mass is 35.5. The molecular formula is C21H18ClN3O3S. The lowest BCUT2D eigenvalue weighted by molar-refractivity contribution is 0.0526. The third-order valence-corrected chi connectivity index (χ3v) is 5.01. The van der Waals surface area contributed by atoms with Crippen molar-refractivity contribution in [2.75, 3.05) is 11.9 Å². The van der Waals surface area contributed by atoms with Gasteiger partial charge in [0.25, 0.3) is 5.91 Å². The number of nitrogens with one attached hydrogen (secondary N) is 1. The van der Waals surface area contributed by atoms with Gasteiger partial charge in [-0.25, -0.2) is 14.8 Å². The molecule has 0 aliphatic carbocycles. The van der Waals surface area contributed by atoms with E-state index in [2.05, 4.69) is 15.3 Å². The van der Waals surface area contributed by atoms with Crippen LogP contribution in [0.5, 0.6) is 0 Å². The second kappa shape index (κ2) is 10.0. The van der Waals surface area contributed by atoms with Crippen LogP contribution in [0.25, 0.3) is 0 Å². The summed E-state index contributed by atoms with van der Waals surface area (Å²) in [6.45, 7) is 2.04. The topological polar surface area (TPSA) is 81.2 Å². The predicted molar refractivity (Wildman–Crippen MR) is 113 cm³/mol. The van der Waals surface area contributed by atoms with Crippen LogP contribution < -0.4 is 5.32 Å². The number of anilines is 1. The van der Waals surface area contributed by atoms with E-state index in [1.165, 1.54) is 18.0 Å². The lowest BCUT2D eigenvalue weighted by Crippen LogP contribution is -2.15. The molecule has 0 atom stereocenters. The first-order valence-electron chi connectivity index (χ1n) is 8.84. The average molecular weight is 428 g/mol. The molecule has 6 nitrogen and oxygen atoms in total. The number of ether oxygens (including phenoxy) is 1. The number of hydrogen-bond acceptors (Lipinski definition) is 6. The normalized spacial score (nSPS) is 10.4. The summed E-state index contributed by atoms with van der Waals surface area (Å²) in [7, 11) is 0. The fraction of sp³-hybridized carbons (Fsp3) is 0.143. The van der Waals surface area contributed by atoms with E-state index in [-0.39, 0.29) is 10.7 Å². The molecule has 1 amide bonds. The first-order valence-corrected chi connectivity index (χ1v) is 10.2. The summed E-state index contributed by atoms with van der Waals surface area (Å²) in [6, 6.07) is 16.3. The Kier molecular flexibility index (Phi) is 7.21. The molecule has 0 aliphatic heterocycles. The van der Waals surface area contributed by atoms with E-state index in [1.807, 2.05) is 30.3 Å². The molecule has 1 N–H and O–H groups in total. The number of hydrogen-bond donors (Lipinski definition) is 1. The zero-order valence-electron chi connectivity index (χ0n) is 15.6. The standard InChI is InChI=1S/C21H18ClN3O3S/c1-2-28-20(27)15-8-10-16(11-9-15)24-19(26)18-17(22)12-23-21(25-18)29-13-14-6-4-3-5-7-14/h3-12H,2,13H2,1H3,(H,24,26). The number of thioether (sulfide) groups is 1. The second-order valence-corrected chi connectivity index (χ2v) is 7.23. The molecule has 0 spiro atoms. The molecular weight excluding hydrogens is 410 g/mol. The van der Waals surface area contributed by atoms with Crippen LogP contribution in [0.1, 0.15) is 33.3 Å². The highest BCUT2D eigenvalue weighted by Gasteiger charge is 2.15. The lowest BCUT2D eigenvalue weighted by Gasteiger charge is -2.08. The zero-order chi connectivity index (χ0) is 20.6. The van der Waals surface area contributed by atoms with Gasteiger partial charge in [0.15, 0.2) is 10.9 Å². The van der Waals surface area contributed by atoms with Crippen molar-refractivity contribution in [2.45, 2.75) is 17.8 Å². The minimum atomic E-state index is -0.456. The molecule has 0 unspecified atom stereocenters. The molecule has 0 bridgehead atoms. The van der Waals surface area contributed by atoms with Gasteiger partial charge >= 0.3 is 5.97 Å². The van der Waals surface area contributed by atoms with Crippen LogP contribution >= 0.6 is 23.4 Å². The van der Waals surface area contributed by atoms with Crippen molar-refractivity contribution < 1.29 is 14.3 Å². The fourth-order valence-corrected chi connectivity index (χ4v) is 3.34. The maximum atomic E-state index is 12.6. The fourth-order valence-electron chi connectivity index (χ4n) is 2.40. The van der Waals surface area contributed by atoms with E-state index in [1.54, 1.807) is 31.2 Å². The number of nitrogens with zero attached hydrogens (tertiary/aromatic N) is 2. The van der Waals surface area contributed by atoms with Crippen molar-refractivity contribution >= 4 is 40.9 Å². The molecule has 0 saturated carbocycles. The van der Waals surface area contributed by atoms with E-state index >= 15 is 0 Å². The maximum Gasteiger partial charge on any atom is 0.338 e. The molecule has 8 heteroatoms. The van der Waals surface area contributed by atoms with Crippen molar-refractivity contribution in [3.05, 3.63) is 82.6 Å². The van der Waals surface area contributed by atoms with Gasteiger partial charge in [-0.3, -0.25) is 4.79 Å². The first kappa shape index (κ1) is 20.8. The molecule has 3 rings (SSSR count). The Morgan fingerprint density at radius 3 is 2.52 bits per heavy atom. The predicted octanol–water partition coefficient (Wildman–Crippen LogP) is 4.85. The molecule has 148 valence electrons. The minimum Gasteiger partial charge on any atom is -0.462 e. The number of amides is 1. The number of rotatable bonds is 7. The molecule has 2 aromatic carbocycles. The second-order valence-electron chi connectivity index (χ2n) is 5.88. The molecule has 0 fully saturated rings. The van der Waals surface area contributed by atoms with E-state index in [0.29, 0.717) is 28.8 Å². The summed E-state index contributed by atoms with van der Waals surface area (Å²) >= 11 is 7.54. The third-order valence-electron chi connectivity index (χ3n) is 3.80. The SMILES string of the molecule is CCOC(=O)c1ccc(NC(=O)c2nc(SCc3ccccc3)ncc2Cl)cc1. The molecule has 3 aromatic rings. The Balaban J connectivity index is 1.67. The number of carbonyl (C=O) groups is 2. The largest absolute Gasteiger partial charge is 0.462 e. The van der Waals surface area contributed by atoms with Crippen LogP contribution in [0.2, 0.25) is 5.02 Å². The quantitative estimate of drug-likeness (QED) is 0.329. The van der Waals surface area contributed by atoms with Crippen molar-refractivity contribution in [2.24, 2.45) is 0 Å². The van der Waals surface area contributed by atoms with E-state index in [4.69, 9.17) is 16.3 Å². The Hall–Kier alpha value is -2.90. The smallest absolute Gasteiger partial charge is 0.338 e. The third kappa shape index (κ3) is 5.79. The van der Waals surface area contributed by atoms with Crippen LogP contribution in [0.3, 0.4) is 0 Å². The van der Waals surface area contributed by atoms with Crippen LogP contribution in [0.4, 0.5) is 5.69 Å². The first-order chi connectivity index (χ1) is 14.1. The van der Waals surface area contributed by atoms with Gasteiger partial charge < -0.3 is 10.1 Å². The number of carbonyl (C=O) groups excluding carboxylic acids is 2. The summed E-state index contributed by atoms with van der Waals surface area (Å²) in [6.07, 6.45) is 1.42. The summed E-state index contributed by atoms with van der Waals surface area (Å²) < 4.78 is 4.94. The molecule has 29 heavy (non-hydrogen) atoms. The highest BCUT2D eigenvalue weighted by molar-refractivity contribution is 7.98. The molecule has 1 aromatic heterocycles. The number of aromatic nitrogens is 2. The maximum absolute atomic E-state index is 12.6. The Labute approximate surface area is 177 Å². The number of halogens is 1. The molecule has 1 heterocycles. The zero-order valence-corrected chi connectivity index (χ0v) is 17.2. The Morgan fingerprint density at radius 1 is 1.10 bits per heavy atom. The van der Waals surface area contributed by atoms with Crippen molar-refractivity contribution in [3.63, 3.8) is 0 Å². The van der Waals surface area contributed by atoms with E-state index in [0.717, 1.165) is 5.56 Å². The van der Waals surface area contributed by atoms with Crippen molar-refractivity contribution in [3.8, 4) is 0 Å². The Morgan fingerprint density at radius 2 is 1.83 bits per heavy atom. The van der Waals surface area contributed by atoms with Crippen molar-refractivity contribution in [1.82, 2.24) is 9.97 Å². The van der Waals surface area contributed by atoms with Gasteiger partial charge in [0.05, 0.1) is 23.4 Å². The van der Waals surface area contributed by atoms with Crippen LogP contribution in [-0.2, 0) is 10.5 Å². The van der Waals surface area contributed by atoms with Gasteiger partial charge in [-0.05, 0) is 36.8 Å². The van der Waals surface area contributed by atoms with Gasteiger partial charge in [-0.1, -0.05) is 53.7 Å². The number of benzene rings is 2. The van der Waals surface area contributed by atoms with Gasteiger partial charge in [0, 0.05) is 11.4 Å². The van der Waals surface area contributed by atoms with E-state index in [9.17, 15) is 9.59 Å². The van der Waals surface area contributed by atoms with Crippen LogP contribution in [0.15, 0.2) is 66.0 Å². The summed E-state index contributed by atoms with van der Waals surface area (Å²) in [4.78, 5) is 32.8. The monoisotopic (exact) mass is 427 g/mol.